The number of hydrogen-bond donors (Lipinski definition) is 1. The Balaban J connectivity index is 1.95. The van der Waals surface area contributed by atoms with Crippen molar-refractivity contribution in [3.8, 4) is 0 Å². The molecule has 0 aliphatic carbocycles. The Labute approximate surface area is 144 Å². The first-order chi connectivity index (χ1) is 10.5. The van der Waals surface area contributed by atoms with Gasteiger partial charge in [-0.2, -0.15) is 5.10 Å². The van der Waals surface area contributed by atoms with Crippen LogP contribution in [0.5, 0.6) is 0 Å². The third kappa shape index (κ3) is 2.78. The predicted molar refractivity (Wildman–Crippen MR) is 93.0 cm³/mol. The minimum Gasteiger partial charge on any atom is -0.321 e. The molecule has 1 N–H and O–H groups in total. The molecule has 1 amide bonds. The molecule has 3 aromatic rings. The number of anilines is 1. The Bertz CT molecular complexity index is 889. The Morgan fingerprint density at radius 3 is 2.82 bits per heavy atom. The zero-order valence-corrected chi connectivity index (χ0v) is 15.1. The van der Waals surface area contributed by atoms with E-state index < -0.39 is 0 Å². The van der Waals surface area contributed by atoms with Gasteiger partial charge in [0.2, 0.25) is 0 Å². The molecular weight excluding hydrogens is 412 g/mol. The van der Waals surface area contributed by atoms with Crippen LogP contribution in [0.15, 0.2) is 39.4 Å². The van der Waals surface area contributed by atoms with Crippen LogP contribution in [-0.2, 0) is 7.05 Å². The molecule has 0 radical (unpaired) electrons. The fraction of sp³-hybridized carbons (Fsp3) is 0.133. The molecule has 7 heteroatoms. The third-order valence-corrected chi connectivity index (χ3v) is 4.49. The van der Waals surface area contributed by atoms with Crippen molar-refractivity contribution in [3.05, 3.63) is 50.7 Å². The Morgan fingerprint density at radius 1 is 1.27 bits per heavy atom. The van der Waals surface area contributed by atoms with Gasteiger partial charge in [-0.05, 0) is 47.1 Å². The van der Waals surface area contributed by atoms with E-state index in [2.05, 4.69) is 47.3 Å². The number of aromatic nitrogens is 3. The first-order valence-corrected chi connectivity index (χ1v) is 8.10. The molecule has 0 saturated carbocycles. The van der Waals surface area contributed by atoms with Crippen LogP contribution in [0.2, 0.25) is 0 Å². The highest BCUT2D eigenvalue weighted by Gasteiger charge is 2.13. The van der Waals surface area contributed by atoms with Gasteiger partial charge in [-0.3, -0.25) is 9.48 Å². The molecule has 0 spiro atoms. The van der Waals surface area contributed by atoms with Gasteiger partial charge in [-0.1, -0.05) is 15.9 Å². The normalized spacial score (nSPS) is 10.9. The fourth-order valence-electron chi connectivity index (χ4n) is 2.22. The summed E-state index contributed by atoms with van der Waals surface area (Å²) in [5.41, 5.74) is 2.80. The van der Waals surface area contributed by atoms with Gasteiger partial charge >= 0.3 is 0 Å². The molecule has 0 fully saturated rings. The molecule has 0 aliphatic heterocycles. The van der Waals surface area contributed by atoms with Crippen LogP contribution in [0, 0.1) is 6.92 Å². The lowest BCUT2D eigenvalue weighted by Crippen LogP contribution is -2.12. The molecule has 3 rings (SSSR count). The third-order valence-electron chi connectivity index (χ3n) is 3.30. The van der Waals surface area contributed by atoms with Crippen molar-refractivity contribution in [2.45, 2.75) is 6.92 Å². The number of amides is 1. The molecule has 112 valence electrons. The smallest absolute Gasteiger partial charge is 0.257 e. The zero-order chi connectivity index (χ0) is 15.9. The van der Waals surface area contributed by atoms with Gasteiger partial charge in [-0.25, -0.2) is 4.98 Å². The van der Waals surface area contributed by atoms with Crippen molar-refractivity contribution in [1.29, 1.82) is 0 Å². The predicted octanol–water partition coefficient (Wildman–Crippen LogP) is 4.05. The zero-order valence-electron chi connectivity index (χ0n) is 11.9. The van der Waals surface area contributed by atoms with Gasteiger partial charge in [0.15, 0.2) is 5.65 Å². The number of halogens is 2. The second-order valence-corrected chi connectivity index (χ2v) is 6.65. The second-order valence-electron chi connectivity index (χ2n) is 4.88. The molecule has 0 bridgehead atoms. The van der Waals surface area contributed by atoms with Crippen LogP contribution in [-0.4, -0.2) is 20.7 Å². The number of nitrogens with zero attached hydrogens (tertiary/aromatic N) is 3. The van der Waals surface area contributed by atoms with Crippen LogP contribution in [0.1, 0.15) is 16.1 Å². The van der Waals surface area contributed by atoms with Crippen LogP contribution in [0.25, 0.3) is 11.0 Å². The first kappa shape index (κ1) is 15.2. The monoisotopic (exact) mass is 422 g/mol. The SMILES string of the molecule is Cc1nn(C)c2ncc(C(=O)Nc3cc(Br)ccc3Br)cc12. The summed E-state index contributed by atoms with van der Waals surface area (Å²) in [5, 5.41) is 8.06. The summed E-state index contributed by atoms with van der Waals surface area (Å²) in [6.45, 7) is 1.90. The van der Waals surface area contributed by atoms with Crippen LogP contribution >= 0.6 is 31.9 Å². The van der Waals surface area contributed by atoms with Crippen molar-refractivity contribution in [2.24, 2.45) is 7.05 Å². The largest absolute Gasteiger partial charge is 0.321 e. The molecule has 22 heavy (non-hydrogen) atoms. The minimum atomic E-state index is -0.212. The Hall–Kier alpha value is -1.73. The summed E-state index contributed by atoms with van der Waals surface area (Å²) in [6, 6.07) is 7.41. The van der Waals surface area contributed by atoms with E-state index in [0.29, 0.717) is 11.3 Å². The van der Waals surface area contributed by atoms with Crippen molar-refractivity contribution in [2.75, 3.05) is 5.32 Å². The van der Waals surface area contributed by atoms with E-state index in [1.54, 1.807) is 10.9 Å². The van der Waals surface area contributed by atoms with E-state index in [4.69, 9.17) is 0 Å². The number of pyridine rings is 1. The maximum atomic E-state index is 12.4. The fourth-order valence-corrected chi connectivity index (χ4v) is 2.93. The molecule has 1 aromatic carbocycles. The van der Waals surface area contributed by atoms with Gasteiger partial charge in [-0.15, -0.1) is 0 Å². The summed E-state index contributed by atoms with van der Waals surface area (Å²) in [7, 11) is 1.83. The number of hydrogen-bond acceptors (Lipinski definition) is 3. The minimum absolute atomic E-state index is 0.212. The summed E-state index contributed by atoms with van der Waals surface area (Å²) >= 11 is 6.81. The lowest BCUT2D eigenvalue weighted by molar-refractivity contribution is 0.102. The summed E-state index contributed by atoms with van der Waals surface area (Å²) in [5.74, 6) is -0.212. The van der Waals surface area contributed by atoms with E-state index in [-0.39, 0.29) is 5.91 Å². The first-order valence-electron chi connectivity index (χ1n) is 6.51. The number of nitrogens with one attached hydrogen (secondary N) is 1. The summed E-state index contributed by atoms with van der Waals surface area (Å²) < 4.78 is 3.41. The second kappa shape index (κ2) is 5.81. The van der Waals surface area contributed by atoms with Crippen LogP contribution in [0.3, 0.4) is 0 Å². The van der Waals surface area contributed by atoms with E-state index >= 15 is 0 Å². The quantitative estimate of drug-likeness (QED) is 0.676. The highest BCUT2D eigenvalue weighted by atomic mass is 79.9. The average Bonchev–Trinajstić information content (AvgIpc) is 2.77. The molecule has 0 saturated heterocycles. The Kier molecular flexibility index (Phi) is 4.01. The topological polar surface area (TPSA) is 59.8 Å². The van der Waals surface area contributed by atoms with Gasteiger partial charge in [0.25, 0.3) is 5.91 Å². The van der Waals surface area contributed by atoms with Crippen molar-refractivity contribution >= 4 is 54.5 Å². The van der Waals surface area contributed by atoms with Crippen molar-refractivity contribution in [1.82, 2.24) is 14.8 Å². The van der Waals surface area contributed by atoms with Gasteiger partial charge in [0.1, 0.15) is 0 Å². The number of fused-ring (bicyclic) bond motifs is 1. The number of carbonyl (C=O) groups is 1. The molecule has 2 aromatic heterocycles. The highest BCUT2D eigenvalue weighted by molar-refractivity contribution is 9.11. The van der Waals surface area contributed by atoms with Gasteiger partial charge in [0, 0.05) is 27.6 Å². The maximum Gasteiger partial charge on any atom is 0.257 e. The summed E-state index contributed by atoms with van der Waals surface area (Å²) in [6.07, 6.45) is 1.56. The van der Waals surface area contributed by atoms with Crippen molar-refractivity contribution in [3.63, 3.8) is 0 Å². The van der Waals surface area contributed by atoms with Gasteiger partial charge in [0.05, 0.1) is 16.9 Å². The standard InChI is InChI=1S/C15H12Br2N4O/c1-8-11-5-9(7-18-14(11)21(2)20-8)15(22)19-13-6-10(16)3-4-12(13)17/h3-7H,1-2H3,(H,19,22). The molecule has 0 atom stereocenters. The molecule has 0 unspecified atom stereocenters. The number of carbonyl (C=O) groups excluding carboxylic acids is 1. The molecule has 5 nitrogen and oxygen atoms in total. The van der Waals surface area contributed by atoms with E-state index in [9.17, 15) is 4.79 Å². The Morgan fingerprint density at radius 2 is 2.05 bits per heavy atom. The number of benzene rings is 1. The lowest BCUT2D eigenvalue weighted by atomic mass is 10.2. The number of rotatable bonds is 2. The van der Waals surface area contributed by atoms with Crippen LogP contribution in [0.4, 0.5) is 5.69 Å². The number of aryl methyl sites for hydroxylation is 2. The van der Waals surface area contributed by atoms with Crippen LogP contribution < -0.4 is 5.32 Å². The molecule has 2 heterocycles. The molecular formula is C15H12Br2N4O. The van der Waals surface area contributed by atoms with E-state index in [1.165, 1.54) is 0 Å². The maximum absolute atomic E-state index is 12.4. The van der Waals surface area contributed by atoms with E-state index in [0.717, 1.165) is 25.7 Å². The molecule has 0 aliphatic rings. The van der Waals surface area contributed by atoms with Crippen molar-refractivity contribution < 1.29 is 4.79 Å². The average molecular weight is 424 g/mol. The summed E-state index contributed by atoms with van der Waals surface area (Å²) in [4.78, 5) is 16.7. The lowest BCUT2D eigenvalue weighted by Gasteiger charge is -2.08. The highest BCUT2D eigenvalue weighted by Crippen LogP contribution is 2.27. The van der Waals surface area contributed by atoms with Gasteiger partial charge < -0.3 is 5.32 Å². The van der Waals surface area contributed by atoms with E-state index in [1.807, 2.05) is 38.2 Å².